The number of nitrogen functional groups attached to an aromatic ring is 1. The molecular formula is C26H42FN6O9PS. The number of carbonyl (C=O) groups excluding carboxylic acids is 2. The molecule has 0 radical (unpaired) electrons. The number of nitrogens with zero attached hydrogens (tertiary/aromatic N) is 4. The van der Waals surface area contributed by atoms with E-state index in [-0.39, 0.29) is 40.5 Å². The largest absolute Gasteiger partial charge is 0.476 e. The van der Waals surface area contributed by atoms with Crippen molar-refractivity contribution < 1.29 is 46.9 Å². The van der Waals surface area contributed by atoms with Crippen molar-refractivity contribution in [2.75, 3.05) is 38.0 Å². The summed E-state index contributed by atoms with van der Waals surface area (Å²) in [5.41, 5.74) is 5.71. The van der Waals surface area contributed by atoms with Crippen molar-refractivity contribution >= 4 is 47.7 Å². The molecule has 44 heavy (non-hydrogen) atoms. The highest BCUT2D eigenvalue weighted by molar-refractivity contribution is 8.13. The van der Waals surface area contributed by atoms with E-state index < -0.39 is 68.9 Å². The van der Waals surface area contributed by atoms with Crippen LogP contribution in [0.25, 0.3) is 11.2 Å². The highest BCUT2D eigenvalue weighted by Crippen LogP contribution is 2.46. The third kappa shape index (κ3) is 9.08. The van der Waals surface area contributed by atoms with Gasteiger partial charge in [-0.3, -0.25) is 27.6 Å². The smallest absolute Gasteiger partial charge is 0.406 e. The fourth-order valence-corrected chi connectivity index (χ4v) is 6.51. The van der Waals surface area contributed by atoms with Crippen LogP contribution >= 0.6 is 19.5 Å². The van der Waals surface area contributed by atoms with Crippen LogP contribution in [0.15, 0.2) is 6.33 Å². The van der Waals surface area contributed by atoms with E-state index in [1.807, 2.05) is 0 Å². The molecule has 4 N–H and O–H groups in total. The molecule has 6 atom stereocenters. The first-order valence-corrected chi connectivity index (χ1v) is 16.7. The van der Waals surface area contributed by atoms with Crippen LogP contribution in [-0.2, 0) is 32.7 Å². The van der Waals surface area contributed by atoms with Gasteiger partial charge < -0.3 is 25.1 Å². The quantitative estimate of drug-likeness (QED) is 0.142. The topological polar surface area (TPSA) is 199 Å². The number of fused-ring (bicyclic) bond motifs is 1. The predicted molar refractivity (Wildman–Crippen MR) is 161 cm³/mol. The lowest BCUT2D eigenvalue weighted by molar-refractivity contribution is -0.149. The van der Waals surface area contributed by atoms with E-state index in [4.69, 9.17) is 29.0 Å². The summed E-state index contributed by atoms with van der Waals surface area (Å²) in [6.07, 6.45) is -2.73. The molecule has 3 heterocycles. The van der Waals surface area contributed by atoms with Gasteiger partial charge >= 0.3 is 13.7 Å². The number of nitrogens with one attached hydrogen (secondary N) is 1. The average molecular weight is 665 g/mol. The molecular weight excluding hydrogens is 622 g/mol. The van der Waals surface area contributed by atoms with Crippen molar-refractivity contribution in [3.8, 4) is 5.88 Å². The normalized spacial score (nSPS) is 22.7. The predicted octanol–water partition coefficient (Wildman–Crippen LogP) is 3.03. The second-order valence-corrected chi connectivity index (χ2v) is 14.2. The second kappa shape index (κ2) is 15.3. The number of imidazole rings is 1. The summed E-state index contributed by atoms with van der Waals surface area (Å²) in [6, 6.07) is -1.10. The molecule has 1 aliphatic heterocycles. The van der Waals surface area contributed by atoms with Crippen LogP contribution < -0.4 is 15.6 Å². The molecule has 3 rings (SSSR count). The van der Waals surface area contributed by atoms with Gasteiger partial charge in [-0.25, -0.2) is 14.6 Å². The summed E-state index contributed by atoms with van der Waals surface area (Å²) in [5, 5.41) is 13.5. The Morgan fingerprint density at radius 3 is 2.59 bits per heavy atom. The van der Waals surface area contributed by atoms with Crippen LogP contribution in [-0.4, -0.2) is 92.3 Å². The zero-order valence-electron chi connectivity index (χ0n) is 25.9. The minimum Gasteiger partial charge on any atom is -0.476 e. The Balaban J connectivity index is 1.78. The lowest BCUT2D eigenvalue weighted by atomic mass is 10.00. The Labute approximate surface area is 259 Å². The van der Waals surface area contributed by atoms with Gasteiger partial charge in [0, 0.05) is 17.1 Å². The fraction of sp³-hybridized carbons (Fsp3) is 0.731. The minimum absolute atomic E-state index is 0.0868. The Kier molecular flexibility index (Phi) is 12.5. The molecule has 0 aromatic carbocycles. The number of hydrogen-bond acceptors (Lipinski definition) is 14. The van der Waals surface area contributed by atoms with Crippen LogP contribution in [0, 0.1) is 11.3 Å². The SMILES string of the molecule is CCOc1nc(N)nc2c1ncn2C1OC(COP(=O)(NC(C)C(=O)OC(C)C)OCCSC(=O)C(C)(C)C)C(CF)C1O. The van der Waals surface area contributed by atoms with Crippen LogP contribution in [0.4, 0.5) is 10.3 Å². The van der Waals surface area contributed by atoms with Crippen molar-refractivity contribution in [2.45, 2.75) is 79.0 Å². The van der Waals surface area contributed by atoms with Crippen molar-refractivity contribution in [1.82, 2.24) is 24.6 Å². The molecule has 0 aliphatic carbocycles. The Morgan fingerprint density at radius 2 is 1.98 bits per heavy atom. The molecule has 15 nitrogen and oxygen atoms in total. The zero-order chi connectivity index (χ0) is 32.8. The molecule has 0 bridgehead atoms. The molecule has 0 saturated carbocycles. The highest BCUT2D eigenvalue weighted by Gasteiger charge is 2.46. The number of aliphatic hydroxyl groups excluding tert-OH is 1. The van der Waals surface area contributed by atoms with Crippen LogP contribution in [0.1, 0.15) is 54.7 Å². The molecule has 1 fully saturated rings. The summed E-state index contributed by atoms with van der Waals surface area (Å²) in [5.74, 6) is -1.60. The number of hydrogen-bond donors (Lipinski definition) is 3. The van der Waals surface area contributed by atoms with Crippen molar-refractivity contribution in [2.24, 2.45) is 11.3 Å². The van der Waals surface area contributed by atoms with Gasteiger partial charge in [-0.2, -0.15) is 9.97 Å². The number of rotatable bonds is 15. The van der Waals surface area contributed by atoms with Crippen molar-refractivity contribution in [1.29, 1.82) is 0 Å². The van der Waals surface area contributed by atoms with Gasteiger partial charge in [0.15, 0.2) is 22.5 Å². The summed E-state index contributed by atoms with van der Waals surface area (Å²) in [4.78, 5) is 37.2. The van der Waals surface area contributed by atoms with Crippen molar-refractivity contribution in [3.63, 3.8) is 0 Å². The number of carbonyl (C=O) groups is 2. The van der Waals surface area contributed by atoms with Gasteiger partial charge in [0.2, 0.25) is 11.8 Å². The second-order valence-electron chi connectivity index (χ2n) is 11.4. The van der Waals surface area contributed by atoms with E-state index >= 15 is 0 Å². The Bertz CT molecular complexity index is 1340. The van der Waals surface area contributed by atoms with Gasteiger partial charge in [0.25, 0.3) is 0 Å². The van der Waals surface area contributed by atoms with E-state index in [0.29, 0.717) is 6.61 Å². The molecule has 2 aromatic heterocycles. The maximum absolute atomic E-state index is 14.2. The van der Waals surface area contributed by atoms with Gasteiger partial charge in [-0.15, -0.1) is 0 Å². The highest BCUT2D eigenvalue weighted by atomic mass is 32.2. The summed E-state index contributed by atoms with van der Waals surface area (Å²) < 4.78 is 57.2. The molecule has 18 heteroatoms. The minimum atomic E-state index is -4.25. The van der Waals surface area contributed by atoms with Gasteiger partial charge in [0.05, 0.1) is 45.0 Å². The molecule has 248 valence electrons. The molecule has 0 spiro atoms. The lowest BCUT2D eigenvalue weighted by Crippen LogP contribution is -2.37. The summed E-state index contributed by atoms with van der Waals surface area (Å²) in [6.45, 7) is 10.5. The third-order valence-electron chi connectivity index (χ3n) is 6.32. The number of thioether (sulfide) groups is 1. The first-order chi connectivity index (χ1) is 20.6. The zero-order valence-corrected chi connectivity index (χ0v) is 27.6. The van der Waals surface area contributed by atoms with Gasteiger partial charge in [0.1, 0.15) is 12.1 Å². The summed E-state index contributed by atoms with van der Waals surface area (Å²) in [7, 11) is -4.25. The number of aliphatic hydroxyl groups is 1. The van der Waals surface area contributed by atoms with Crippen LogP contribution in [0.3, 0.4) is 0 Å². The maximum Gasteiger partial charge on any atom is 0.406 e. The van der Waals surface area contributed by atoms with Crippen molar-refractivity contribution in [3.05, 3.63) is 6.33 Å². The number of alkyl halides is 1. The van der Waals surface area contributed by atoms with Crippen LogP contribution in [0.2, 0.25) is 0 Å². The molecule has 2 aromatic rings. The monoisotopic (exact) mass is 664 g/mol. The first kappa shape index (κ1) is 36.1. The molecule has 1 saturated heterocycles. The number of ether oxygens (including phenoxy) is 3. The first-order valence-electron chi connectivity index (χ1n) is 14.2. The average Bonchev–Trinajstić information content (AvgIpc) is 3.49. The van der Waals surface area contributed by atoms with E-state index in [9.17, 15) is 23.7 Å². The van der Waals surface area contributed by atoms with E-state index in [2.05, 4.69) is 20.0 Å². The standard InChI is InChI=1S/C26H42FN6O9PS/c1-8-38-21-18-20(30-25(28)31-21)33(13-29-18)22-19(34)16(11-27)17(42-22)12-40-43(37,32-15(4)23(35)41-14(2)3)39-9-10-44-24(36)26(5,6)7/h13-17,19,22,34H,8-12H2,1-7H3,(H,32,37)(H2,28,30,31). The van der Waals surface area contributed by atoms with E-state index in [0.717, 1.165) is 11.8 Å². The number of halogens is 1. The maximum atomic E-state index is 14.2. The Morgan fingerprint density at radius 1 is 1.27 bits per heavy atom. The lowest BCUT2D eigenvalue weighted by Gasteiger charge is -2.25. The van der Waals surface area contributed by atoms with E-state index in [1.165, 1.54) is 17.8 Å². The number of nitrogens with two attached hydrogens (primary N) is 1. The molecule has 0 amide bonds. The van der Waals surface area contributed by atoms with E-state index in [1.54, 1.807) is 41.5 Å². The van der Waals surface area contributed by atoms with Crippen LogP contribution in [0.5, 0.6) is 5.88 Å². The van der Waals surface area contributed by atoms with Gasteiger partial charge in [-0.1, -0.05) is 32.5 Å². The number of esters is 1. The molecule has 1 aliphatic rings. The Hall–Kier alpha value is -2.40. The fourth-order valence-electron chi connectivity index (χ4n) is 4.12. The third-order valence-corrected chi connectivity index (χ3v) is 9.28. The van der Waals surface area contributed by atoms with Gasteiger partial charge in [-0.05, 0) is 27.7 Å². The summed E-state index contributed by atoms with van der Waals surface area (Å²) >= 11 is 1.01. The number of aromatic nitrogens is 4. The number of anilines is 1. The molecule has 6 unspecified atom stereocenters.